The first-order valence-electron chi connectivity index (χ1n) is 4.65. The molecule has 76 valence electrons. The Kier molecular flexibility index (Phi) is 2.52. The van der Waals surface area contributed by atoms with Gasteiger partial charge in [-0.1, -0.05) is 11.6 Å². The van der Waals surface area contributed by atoms with E-state index in [1.54, 1.807) is 6.07 Å². The van der Waals surface area contributed by atoms with E-state index in [4.69, 9.17) is 17.3 Å². The first-order valence-corrected chi connectivity index (χ1v) is 5.02. The van der Waals surface area contributed by atoms with Crippen molar-refractivity contribution >= 4 is 23.0 Å². The average molecular weight is 213 g/mol. The Balaban J connectivity index is 2.24. The highest BCUT2D eigenvalue weighted by atomic mass is 35.5. The standard InChI is InChI=1S/C10H13ClN2O/c11-7-1-2-10(9(12)5-7)13-4-3-8(14)6-13/h1-2,5,8,14H,3-4,6,12H2. The zero-order chi connectivity index (χ0) is 10.1. The van der Waals surface area contributed by atoms with Crippen molar-refractivity contribution in [3.8, 4) is 0 Å². The van der Waals surface area contributed by atoms with Crippen LogP contribution in [0.3, 0.4) is 0 Å². The molecule has 0 aliphatic carbocycles. The Labute approximate surface area is 88.1 Å². The van der Waals surface area contributed by atoms with Gasteiger partial charge in [0.1, 0.15) is 0 Å². The van der Waals surface area contributed by atoms with E-state index >= 15 is 0 Å². The molecule has 0 saturated carbocycles. The maximum atomic E-state index is 9.40. The third-order valence-corrected chi connectivity index (χ3v) is 2.73. The number of halogens is 1. The topological polar surface area (TPSA) is 49.5 Å². The van der Waals surface area contributed by atoms with Crippen LogP contribution in [0.5, 0.6) is 0 Å². The van der Waals surface area contributed by atoms with E-state index in [0.29, 0.717) is 17.3 Å². The summed E-state index contributed by atoms with van der Waals surface area (Å²) in [6.07, 6.45) is 0.576. The average Bonchev–Trinajstić information content (AvgIpc) is 2.51. The lowest BCUT2D eigenvalue weighted by atomic mass is 10.2. The van der Waals surface area contributed by atoms with E-state index in [1.807, 2.05) is 12.1 Å². The number of aliphatic hydroxyl groups is 1. The number of nitrogens with zero attached hydrogens (tertiary/aromatic N) is 1. The van der Waals surface area contributed by atoms with Crippen LogP contribution >= 0.6 is 11.6 Å². The van der Waals surface area contributed by atoms with Gasteiger partial charge in [0.25, 0.3) is 0 Å². The van der Waals surface area contributed by atoms with Crippen LogP contribution in [-0.2, 0) is 0 Å². The minimum atomic E-state index is -0.231. The van der Waals surface area contributed by atoms with E-state index in [0.717, 1.165) is 18.7 Å². The summed E-state index contributed by atoms with van der Waals surface area (Å²) in [6.45, 7) is 1.51. The van der Waals surface area contributed by atoms with Crippen molar-refractivity contribution in [2.24, 2.45) is 0 Å². The third-order valence-electron chi connectivity index (χ3n) is 2.49. The predicted octanol–water partition coefficient (Wildman–Crippen LogP) is 1.49. The molecule has 1 aromatic carbocycles. The summed E-state index contributed by atoms with van der Waals surface area (Å²) in [5.41, 5.74) is 7.48. The smallest absolute Gasteiger partial charge is 0.0731 e. The zero-order valence-electron chi connectivity index (χ0n) is 7.78. The lowest BCUT2D eigenvalue weighted by Gasteiger charge is -2.19. The highest BCUT2D eigenvalue weighted by Crippen LogP contribution is 2.28. The van der Waals surface area contributed by atoms with E-state index in [9.17, 15) is 5.11 Å². The Morgan fingerprint density at radius 1 is 1.50 bits per heavy atom. The maximum absolute atomic E-state index is 9.40. The molecule has 1 unspecified atom stereocenters. The molecule has 0 bridgehead atoms. The molecule has 1 heterocycles. The van der Waals surface area contributed by atoms with E-state index in [-0.39, 0.29) is 6.10 Å². The number of β-amino-alcohol motifs (C(OH)–C–C–N with tert-alkyl or cyclic N) is 1. The van der Waals surface area contributed by atoms with Crippen LogP contribution in [0, 0.1) is 0 Å². The molecule has 0 amide bonds. The summed E-state index contributed by atoms with van der Waals surface area (Å²) < 4.78 is 0. The molecule has 1 aromatic rings. The predicted molar refractivity (Wildman–Crippen MR) is 58.7 cm³/mol. The van der Waals surface area contributed by atoms with Crippen molar-refractivity contribution in [1.29, 1.82) is 0 Å². The van der Waals surface area contributed by atoms with Crippen LogP contribution < -0.4 is 10.6 Å². The van der Waals surface area contributed by atoms with Crippen LogP contribution in [0.2, 0.25) is 5.02 Å². The molecule has 3 N–H and O–H groups in total. The highest BCUT2D eigenvalue weighted by Gasteiger charge is 2.21. The molecular formula is C10H13ClN2O. The normalized spacial score (nSPS) is 21.6. The Morgan fingerprint density at radius 2 is 2.29 bits per heavy atom. The van der Waals surface area contributed by atoms with E-state index in [1.165, 1.54) is 0 Å². The zero-order valence-corrected chi connectivity index (χ0v) is 8.54. The SMILES string of the molecule is Nc1cc(Cl)ccc1N1CCC(O)C1. The molecule has 0 spiro atoms. The second kappa shape index (κ2) is 3.67. The molecule has 1 aliphatic rings. The second-order valence-corrected chi connectivity index (χ2v) is 4.03. The number of benzene rings is 1. The number of rotatable bonds is 1. The first kappa shape index (κ1) is 9.62. The molecule has 0 radical (unpaired) electrons. The van der Waals surface area contributed by atoms with Gasteiger partial charge in [0.15, 0.2) is 0 Å². The molecule has 4 heteroatoms. The van der Waals surface area contributed by atoms with Gasteiger partial charge < -0.3 is 15.7 Å². The molecule has 0 aromatic heterocycles. The van der Waals surface area contributed by atoms with Gasteiger partial charge in [0.2, 0.25) is 0 Å². The highest BCUT2D eigenvalue weighted by molar-refractivity contribution is 6.31. The van der Waals surface area contributed by atoms with Gasteiger partial charge in [-0.15, -0.1) is 0 Å². The number of nitrogen functional groups attached to an aromatic ring is 1. The number of hydrogen-bond acceptors (Lipinski definition) is 3. The third kappa shape index (κ3) is 1.79. The largest absolute Gasteiger partial charge is 0.397 e. The fraction of sp³-hybridized carbons (Fsp3) is 0.400. The Hall–Kier alpha value is -0.930. The minimum absolute atomic E-state index is 0.231. The molecule has 1 atom stereocenters. The van der Waals surface area contributed by atoms with E-state index < -0.39 is 0 Å². The molecule has 1 fully saturated rings. The summed E-state index contributed by atoms with van der Waals surface area (Å²) in [4.78, 5) is 2.08. The monoisotopic (exact) mass is 212 g/mol. The lowest BCUT2D eigenvalue weighted by molar-refractivity contribution is 0.198. The molecule has 14 heavy (non-hydrogen) atoms. The van der Waals surface area contributed by atoms with Gasteiger partial charge >= 0.3 is 0 Å². The fourth-order valence-electron chi connectivity index (χ4n) is 1.77. The van der Waals surface area contributed by atoms with Crippen molar-refractivity contribution in [2.75, 3.05) is 23.7 Å². The summed E-state index contributed by atoms with van der Waals surface area (Å²) >= 11 is 5.80. The van der Waals surface area contributed by atoms with Crippen molar-refractivity contribution < 1.29 is 5.11 Å². The quantitative estimate of drug-likeness (QED) is 0.694. The Morgan fingerprint density at radius 3 is 2.86 bits per heavy atom. The maximum Gasteiger partial charge on any atom is 0.0731 e. The van der Waals surface area contributed by atoms with Crippen molar-refractivity contribution in [2.45, 2.75) is 12.5 Å². The van der Waals surface area contributed by atoms with Crippen molar-refractivity contribution in [1.82, 2.24) is 0 Å². The molecule has 1 aliphatic heterocycles. The van der Waals surface area contributed by atoms with Gasteiger partial charge in [-0.05, 0) is 24.6 Å². The summed E-state index contributed by atoms with van der Waals surface area (Å²) in [6, 6.07) is 5.45. The number of hydrogen-bond donors (Lipinski definition) is 2. The van der Waals surface area contributed by atoms with Crippen LogP contribution in [-0.4, -0.2) is 24.3 Å². The Bertz CT molecular complexity index is 343. The molecule has 2 rings (SSSR count). The summed E-state index contributed by atoms with van der Waals surface area (Å²) in [7, 11) is 0. The van der Waals surface area contributed by atoms with Gasteiger partial charge in [-0.3, -0.25) is 0 Å². The fourth-order valence-corrected chi connectivity index (χ4v) is 1.95. The van der Waals surface area contributed by atoms with Crippen LogP contribution in [0.4, 0.5) is 11.4 Å². The minimum Gasteiger partial charge on any atom is -0.397 e. The van der Waals surface area contributed by atoms with Crippen LogP contribution in [0.15, 0.2) is 18.2 Å². The van der Waals surface area contributed by atoms with Crippen molar-refractivity contribution in [3.63, 3.8) is 0 Å². The van der Waals surface area contributed by atoms with Crippen molar-refractivity contribution in [3.05, 3.63) is 23.2 Å². The number of nitrogens with two attached hydrogens (primary N) is 1. The first-order chi connectivity index (χ1) is 6.66. The summed E-state index contributed by atoms with van der Waals surface area (Å²) in [5, 5.41) is 10.0. The van der Waals surface area contributed by atoms with Gasteiger partial charge in [0.05, 0.1) is 17.5 Å². The van der Waals surface area contributed by atoms with Crippen LogP contribution in [0.25, 0.3) is 0 Å². The van der Waals surface area contributed by atoms with Gasteiger partial charge in [-0.25, -0.2) is 0 Å². The lowest BCUT2D eigenvalue weighted by Crippen LogP contribution is -2.22. The van der Waals surface area contributed by atoms with Gasteiger partial charge in [-0.2, -0.15) is 0 Å². The van der Waals surface area contributed by atoms with E-state index in [2.05, 4.69) is 4.90 Å². The molecule has 3 nitrogen and oxygen atoms in total. The number of aliphatic hydroxyl groups excluding tert-OH is 1. The van der Waals surface area contributed by atoms with Crippen LogP contribution in [0.1, 0.15) is 6.42 Å². The summed E-state index contributed by atoms with van der Waals surface area (Å²) in [5.74, 6) is 0. The number of anilines is 2. The molecule has 1 saturated heterocycles. The molecular weight excluding hydrogens is 200 g/mol. The second-order valence-electron chi connectivity index (χ2n) is 3.59. The van der Waals surface area contributed by atoms with Gasteiger partial charge in [0, 0.05) is 18.1 Å².